The molecule has 0 amide bonds. The first-order valence-corrected chi connectivity index (χ1v) is 5.06. The number of aromatic nitrogens is 2. The second kappa shape index (κ2) is 4.02. The highest BCUT2D eigenvalue weighted by atomic mass is 16.5. The molecule has 1 fully saturated rings. The Balaban J connectivity index is 2.03. The number of ether oxygens (including phenoxy) is 1. The highest BCUT2D eigenvalue weighted by molar-refractivity contribution is 5.75. The van der Waals surface area contributed by atoms with Crippen molar-refractivity contribution in [1.82, 2.24) is 9.55 Å². The van der Waals surface area contributed by atoms with Gasteiger partial charge < -0.3 is 15.0 Å². The predicted octanol–water partition coefficient (Wildman–Crippen LogP) is 0.261. The third-order valence-corrected chi connectivity index (χ3v) is 2.62. The minimum absolute atomic E-state index is 0.376. The van der Waals surface area contributed by atoms with Gasteiger partial charge in [0.15, 0.2) is 0 Å². The van der Waals surface area contributed by atoms with Gasteiger partial charge in [-0.1, -0.05) is 0 Å². The van der Waals surface area contributed by atoms with Crippen molar-refractivity contribution in [3.05, 3.63) is 18.2 Å². The van der Waals surface area contributed by atoms with E-state index >= 15 is 0 Å². The minimum atomic E-state index is -0.593. The first-order chi connectivity index (χ1) is 7.22. The quantitative estimate of drug-likeness (QED) is 0.722. The van der Waals surface area contributed by atoms with Gasteiger partial charge in [-0.2, -0.15) is 0 Å². The van der Waals surface area contributed by atoms with Crippen LogP contribution in [0.5, 0.6) is 0 Å². The monoisotopic (exact) mass is 209 g/mol. The first-order valence-electron chi connectivity index (χ1n) is 5.06. The van der Waals surface area contributed by atoms with Crippen molar-refractivity contribution in [2.45, 2.75) is 31.3 Å². The smallest absolute Gasteiger partial charge is 0.323 e. The van der Waals surface area contributed by atoms with Crippen molar-refractivity contribution in [3.8, 4) is 0 Å². The molecule has 15 heavy (non-hydrogen) atoms. The second-order valence-corrected chi connectivity index (χ2v) is 3.86. The predicted molar refractivity (Wildman–Crippen MR) is 54.2 cm³/mol. The number of methoxy groups -OCH3 is 1. The Kier molecular flexibility index (Phi) is 2.73. The Morgan fingerprint density at radius 2 is 2.53 bits per heavy atom. The average Bonchev–Trinajstić information content (AvgIpc) is 2.99. The molecule has 2 N–H and O–H groups in total. The summed E-state index contributed by atoms with van der Waals surface area (Å²) >= 11 is 0. The zero-order chi connectivity index (χ0) is 10.8. The molecular formula is C10H15N3O2. The Morgan fingerprint density at radius 1 is 1.80 bits per heavy atom. The van der Waals surface area contributed by atoms with Gasteiger partial charge in [-0.25, -0.2) is 4.98 Å². The summed E-state index contributed by atoms with van der Waals surface area (Å²) in [6, 6.07) is -0.0310. The lowest BCUT2D eigenvalue weighted by Gasteiger charge is -2.10. The van der Waals surface area contributed by atoms with Crippen LogP contribution in [0.2, 0.25) is 0 Å². The van der Waals surface area contributed by atoms with E-state index in [2.05, 4.69) is 14.3 Å². The standard InChI is InChI=1S/C10H15N3O2/c1-15-10(14)9(11)4-8-5-12-6-13(8)7-2-3-7/h5-7,9H,2-4,11H2,1H3. The van der Waals surface area contributed by atoms with Crippen molar-refractivity contribution < 1.29 is 9.53 Å². The number of carbonyl (C=O) groups excluding carboxylic acids is 1. The van der Waals surface area contributed by atoms with Gasteiger partial charge in [0.1, 0.15) is 6.04 Å². The van der Waals surface area contributed by atoms with E-state index in [1.807, 2.05) is 0 Å². The molecule has 82 valence electrons. The maximum Gasteiger partial charge on any atom is 0.323 e. The molecule has 1 aliphatic rings. The molecular weight excluding hydrogens is 194 g/mol. The van der Waals surface area contributed by atoms with Crippen LogP contribution >= 0.6 is 0 Å². The number of carbonyl (C=O) groups is 1. The molecule has 1 aliphatic carbocycles. The molecule has 0 bridgehead atoms. The molecule has 5 heteroatoms. The van der Waals surface area contributed by atoms with Crippen molar-refractivity contribution in [2.24, 2.45) is 5.73 Å². The summed E-state index contributed by atoms with van der Waals surface area (Å²) in [5.41, 5.74) is 6.70. The van der Waals surface area contributed by atoms with Crippen LogP contribution in [0.1, 0.15) is 24.6 Å². The fourth-order valence-electron chi connectivity index (χ4n) is 1.63. The number of hydrogen-bond donors (Lipinski definition) is 1. The molecule has 0 saturated heterocycles. The van der Waals surface area contributed by atoms with E-state index in [4.69, 9.17) is 5.73 Å². The zero-order valence-corrected chi connectivity index (χ0v) is 8.72. The second-order valence-electron chi connectivity index (χ2n) is 3.86. The van der Waals surface area contributed by atoms with Crippen LogP contribution in [-0.2, 0) is 16.0 Å². The lowest BCUT2D eigenvalue weighted by molar-refractivity contribution is -0.142. The van der Waals surface area contributed by atoms with Crippen molar-refractivity contribution in [3.63, 3.8) is 0 Å². The Labute approximate surface area is 88.2 Å². The van der Waals surface area contributed by atoms with Gasteiger partial charge in [-0.3, -0.25) is 4.79 Å². The maximum atomic E-state index is 11.2. The van der Waals surface area contributed by atoms with E-state index in [0.29, 0.717) is 12.5 Å². The summed E-state index contributed by atoms with van der Waals surface area (Å²) in [4.78, 5) is 15.2. The van der Waals surface area contributed by atoms with Crippen molar-refractivity contribution in [1.29, 1.82) is 0 Å². The molecule has 5 nitrogen and oxygen atoms in total. The van der Waals surface area contributed by atoms with Gasteiger partial charge in [0.05, 0.1) is 13.4 Å². The SMILES string of the molecule is COC(=O)C(N)Cc1cncn1C1CC1. The number of rotatable bonds is 4. The van der Waals surface area contributed by atoms with Crippen LogP contribution < -0.4 is 5.73 Å². The largest absolute Gasteiger partial charge is 0.468 e. The minimum Gasteiger partial charge on any atom is -0.468 e. The Morgan fingerprint density at radius 3 is 3.13 bits per heavy atom. The van der Waals surface area contributed by atoms with Crippen LogP contribution in [0.3, 0.4) is 0 Å². The van der Waals surface area contributed by atoms with Gasteiger partial charge >= 0.3 is 5.97 Å². The highest BCUT2D eigenvalue weighted by Gasteiger charge is 2.26. The molecule has 2 rings (SSSR count). The summed E-state index contributed by atoms with van der Waals surface area (Å²) in [5, 5.41) is 0. The maximum absolute atomic E-state index is 11.2. The van der Waals surface area contributed by atoms with Gasteiger partial charge in [-0.15, -0.1) is 0 Å². The fourth-order valence-corrected chi connectivity index (χ4v) is 1.63. The molecule has 1 aromatic rings. The lowest BCUT2D eigenvalue weighted by Crippen LogP contribution is -2.34. The Hall–Kier alpha value is -1.36. The van der Waals surface area contributed by atoms with Gasteiger partial charge in [0, 0.05) is 24.4 Å². The first kappa shape index (κ1) is 10.2. The highest BCUT2D eigenvalue weighted by Crippen LogP contribution is 2.35. The lowest BCUT2D eigenvalue weighted by atomic mass is 10.2. The summed E-state index contributed by atoms with van der Waals surface area (Å²) in [5.74, 6) is -0.376. The normalized spacial score (nSPS) is 17.5. The van der Waals surface area contributed by atoms with Crippen LogP contribution in [0, 0.1) is 0 Å². The molecule has 0 radical (unpaired) electrons. The molecule has 1 saturated carbocycles. The fraction of sp³-hybridized carbons (Fsp3) is 0.600. The van der Waals surface area contributed by atoms with Gasteiger partial charge in [-0.05, 0) is 12.8 Å². The number of nitrogens with two attached hydrogens (primary N) is 1. The van der Waals surface area contributed by atoms with Crippen LogP contribution in [-0.4, -0.2) is 28.7 Å². The summed E-state index contributed by atoms with van der Waals surface area (Å²) in [6.45, 7) is 0. The van der Waals surface area contributed by atoms with Gasteiger partial charge in [0.2, 0.25) is 0 Å². The third kappa shape index (κ3) is 2.18. The van der Waals surface area contributed by atoms with Crippen LogP contribution in [0.15, 0.2) is 12.5 Å². The number of hydrogen-bond acceptors (Lipinski definition) is 4. The molecule has 0 spiro atoms. The zero-order valence-electron chi connectivity index (χ0n) is 8.72. The van der Waals surface area contributed by atoms with E-state index in [1.54, 1.807) is 12.5 Å². The number of esters is 1. The van der Waals surface area contributed by atoms with E-state index in [-0.39, 0.29) is 5.97 Å². The van der Waals surface area contributed by atoms with E-state index in [9.17, 15) is 4.79 Å². The van der Waals surface area contributed by atoms with E-state index in [1.165, 1.54) is 20.0 Å². The summed E-state index contributed by atoms with van der Waals surface area (Å²) in [6.07, 6.45) is 6.44. The Bertz CT molecular complexity index is 357. The summed E-state index contributed by atoms with van der Waals surface area (Å²) in [7, 11) is 1.35. The van der Waals surface area contributed by atoms with E-state index < -0.39 is 6.04 Å². The topological polar surface area (TPSA) is 70.1 Å². The van der Waals surface area contributed by atoms with Crippen molar-refractivity contribution >= 4 is 5.97 Å². The number of imidazole rings is 1. The third-order valence-electron chi connectivity index (χ3n) is 2.62. The molecule has 1 aromatic heterocycles. The average molecular weight is 209 g/mol. The molecule has 1 unspecified atom stereocenters. The van der Waals surface area contributed by atoms with Gasteiger partial charge in [0.25, 0.3) is 0 Å². The molecule has 1 heterocycles. The molecule has 0 aromatic carbocycles. The van der Waals surface area contributed by atoms with Crippen LogP contribution in [0.25, 0.3) is 0 Å². The summed E-state index contributed by atoms with van der Waals surface area (Å²) < 4.78 is 6.68. The van der Waals surface area contributed by atoms with E-state index in [0.717, 1.165) is 5.69 Å². The van der Waals surface area contributed by atoms with Crippen LogP contribution in [0.4, 0.5) is 0 Å². The molecule has 1 atom stereocenters. The molecule has 0 aliphatic heterocycles. The van der Waals surface area contributed by atoms with Crippen molar-refractivity contribution in [2.75, 3.05) is 7.11 Å². The number of nitrogens with zero attached hydrogens (tertiary/aromatic N) is 2.